The summed E-state index contributed by atoms with van der Waals surface area (Å²) in [5.41, 5.74) is 1.30. The molecule has 3 rings (SSSR count). The molecule has 0 fully saturated rings. The summed E-state index contributed by atoms with van der Waals surface area (Å²) >= 11 is 0. The fourth-order valence-corrected chi connectivity index (χ4v) is 5.02. The van der Waals surface area contributed by atoms with Crippen LogP contribution in [0.4, 0.5) is 0 Å². The molecule has 0 aliphatic carbocycles. The molecule has 0 atom stereocenters. The topological polar surface area (TPSA) is 13.1 Å². The average Bonchev–Trinajstić information content (AvgIpc) is 2.91. The first-order valence-corrected chi connectivity index (χ1v) is 14.9. The van der Waals surface area contributed by atoms with Crippen molar-refractivity contribution in [2.75, 3.05) is 6.61 Å². The van der Waals surface area contributed by atoms with Crippen molar-refractivity contribution in [3.05, 3.63) is 72.6 Å². The van der Waals surface area contributed by atoms with Gasteiger partial charge in [0, 0.05) is 17.0 Å². The van der Waals surface area contributed by atoms with Crippen molar-refractivity contribution in [1.29, 1.82) is 0 Å². The van der Waals surface area contributed by atoms with Crippen molar-refractivity contribution < 1.29 is 9.30 Å². The number of ether oxygens (including phenoxy) is 1. The second-order valence-electron chi connectivity index (χ2n) is 10.5. The van der Waals surface area contributed by atoms with Gasteiger partial charge in [0.2, 0.25) is 0 Å². The third kappa shape index (κ3) is 11.6. The molecule has 196 valence electrons. The summed E-state index contributed by atoms with van der Waals surface area (Å²) in [4.78, 5) is 0. The van der Waals surface area contributed by atoms with Crippen molar-refractivity contribution in [2.45, 2.75) is 116 Å². The fourth-order valence-electron chi connectivity index (χ4n) is 5.02. The van der Waals surface area contributed by atoms with E-state index in [1.165, 1.54) is 113 Å². The largest absolute Gasteiger partial charge is 0.494 e. The van der Waals surface area contributed by atoms with E-state index in [-0.39, 0.29) is 0 Å². The van der Waals surface area contributed by atoms with Gasteiger partial charge in [-0.2, -0.15) is 0 Å². The van der Waals surface area contributed by atoms with Gasteiger partial charge in [-0.1, -0.05) is 121 Å². The summed E-state index contributed by atoms with van der Waals surface area (Å²) in [5.74, 6) is 0.989. The third-order valence-electron chi connectivity index (χ3n) is 7.30. The number of aromatic nitrogens is 1. The van der Waals surface area contributed by atoms with Crippen LogP contribution in [0.1, 0.15) is 115 Å². The highest BCUT2D eigenvalue weighted by Gasteiger charge is 2.05. The first-order chi connectivity index (χ1) is 17.8. The molecule has 1 aromatic heterocycles. The van der Waals surface area contributed by atoms with E-state index in [2.05, 4.69) is 78.5 Å². The number of rotatable bonds is 20. The molecule has 0 bridgehead atoms. The van der Waals surface area contributed by atoms with Crippen molar-refractivity contribution in [3.8, 4) is 5.75 Å². The van der Waals surface area contributed by atoms with E-state index in [9.17, 15) is 0 Å². The number of hydrogen-bond donors (Lipinski definition) is 0. The number of nitrogens with zero attached hydrogens (tertiary/aromatic N) is 1. The summed E-state index contributed by atoms with van der Waals surface area (Å²) in [5, 5.41) is 2.56. The maximum absolute atomic E-state index is 5.98. The van der Waals surface area contributed by atoms with Crippen LogP contribution in [0.2, 0.25) is 0 Å². The molecule has 36 heavy (non-hydrogen) atoms. The van der Waals surface area contributed by atoms with Gasteiger partial charge < -0.3 is 4.74 Å². The van der Waals surface area contributed by atoms with Crippen LogP contribution in [0.3, 0.4) is 0 Å². The highest BCUT2D eigenvalue weighted by atomic mass is 16.5. The number of hydrogen-bond acceptors (Lipinski definition) is 1. The first-order valence-electron chi connectivity index (χ1n) is 14.9. The minimum absolute atomic E-state index is 0.831. The van der Waals surface area contributed by atoms with Gasteiger partial charge in [-0.3, -0.25) is 0 Å². The van der Waals surface area contributed by atoms with Crippen LogP contribution in [-0.4, -0.2) is 6.61 Å². The fraction of sp³-hybridized carbons (Fsp3) is 0.559. The van der Waals surface area contributed by atoms with Crippen LogP contribution in [0, 0.1) is 0 Å². The minimum atomic E-state index is 0.831. The third-order valence-corrected chi connectivity index (χ3v) is 7.30. The molecule has 0 unspecified atom stereocenters. The van der Waals surface area contributed by atoms with Gasteiger partial charge in [0.1, 0.15) is 5.75 Å². The standard InChI is InChI=1S/C34H50NO/c1-2-3-4-5-6-7-8-9-10-11-12-13-14-15-16-19-28-36-34-24-22-31(23-25-34)29-35-27-26-32-20-17-18-21-33(32)30-35/h17-18,20-27,30H,2-16,19,28-29H2,1H3/q+1. The van der Waals surface area contributed by atoms with Crippen LogP contribution in [0.5, 0.6) is 5.75 Å². The predicted octanol–water partition coefficient (Wildman–Crippen LogP) is 9.82. The van der Waals surface area contributed by atoms with Crippen molar-refractivity contribution in [1.82, 2.24) is 0 Å². The summed E-state index contributed by atoms with van der Waals surface area (Å²) < 4.78 is 8.23. The van der Waals surface area contributed by atoms with Crippen molar-refractivity contribution >= 4 is 10.8 Å². The van der Waals surface area contributed by atoms with E-state index in [4.69, 9.17) is 4.74 Å². The zero-order valence-corrected chi connectivity index (χ0v) is 22.9. The van der Waals surface area contributed by atoms with Gasteiger partial charge in [-0.25, -0.2) is 4.57 Å². The first kappa shape index (κ1) is 28.2. The maximum Gasteiger partial charge on any atom is 0.176 e. The summed E-state index contributed by atoms with van der Waals surface area (Å²) in [6, 6.07) is 19.3. The monoisotopic (exact) mass is 488 g/mol. The van der Waals surface area contributed by atoms with Crippen LogP contribution < -0.4 is 9.30 Å². The minimum Gasteiger partial charge on any atom is -0.494 e. The Balaban J connectivity index is 1.14. The number of fused-ring (bicyclic) bond motifs is 1. The maximum atomic E-state index is 5.98. The molecule has 0 aliphatic rings. The molecular formula is C34H50NO+. The number of unbranched alkanes of at least 4 members (excludes halogenated alkanes) is 15. The predicted molar refractivity (Wildman–Crippen MR) is 155 cm³/mol. The summed E-state index contributed by atoms with van der Waals surface area (Å²) in [7, 11) is 0. The lowest BCUT2D eigenvalue weighted by Gasteiger charge is -2.07. The number of pyridine rings is 1. The quantitative estimate of drug-likeness (QED) is 0.114. The van der Waals surface area contributed by atoms with Gasteiger partial charge in [0.15, 0.2) is 18.9 Å². The molecule has 2 nitrogen and oxygen atoms in total. The zero-order chi connectivity index (χ0) is 25.1. The van der Waals surface area contributed by atoms with E-state index in [0.29, 0.717) is 0 Å². The van der Waals surface area contributed by atoms with Crippen LogP contribution in [-0.2, 0) is 6.54 Å². The van der Waals surface area contributed by atoms with Crippen LogP contribution in [0.25, 0.3) is 10.8 Å². The van der Waals surface area contributed by atoms with Gasteiger partial charge in [0.25, 0.3) is 0 Å². The van der Waals surface area contributed by atoms with Crippen LogP contribution in [0.15, 0.2) is 67.0 Å². The Morgan fingerprint density at radius 3 is 1.67 bits per heavy atom. The Hall–Kier alpha value is -2.35. The van der Waals surface area contributed by atoms with E-state index >= 15 is 0 Å². The molecule has 2 heteroatoms. The Kier molecular flexibility index (Phi) is 14.1. The molecule has 0 spiro atoms. The summed E-state index contributed by atoms with van der Waals surface area (Å²) in [6.07, 6.45) is 26.8. The van der Waals surface area contributed by atoms with E-state index < -0.39 is 0 Å². The molecule has 0 radical (unpaired) electrons. The van der Waals surface area contributed by atoms with Crippen LogP contribution >= 0.6 is 0 Å². The lowest BCUT2D eigenvalue weighted by Crippen LogP contribution is -2.33. The molecular weight excluding hydrogens is 438 g/mol. The Morgan fingerprint density at radius 1 is 0.556 bits per heavy atom. The molecule has 0 saturated heterocycles. The number of benzene rings is 2. The second-order valence-corrected chi connectivity index (χ2v) is 10.5. The van der Waals surface area contributed by atoms with Gasteiger partial charge in [-0.05, 0) is 42.1 Å². The smallest absolute Gasteiger partial charge is 0.176 e. The normalized spacial score (nSPS) is 11.2. The molecule has 1 heterocycles. The lowest BCUT2D eigenvalue weighted by atomic mass is 10.0. The Labute approximate surface area is 221 Å². The second kappa shape index (κ2) is 18.0. The molecule has 2 aromatic carbocycles. The van der Waals surface area contributed by atoms with E-state index in [0.717, 1.165) is 25.3 Å². The highest BCUT2D eigenvalue weighted by Crippen LogP contribution is 2.16. The summed E-state index contributed by atoms with van der Waals surface area (Å²) in [6.45, 7) is 4.00. The van der Waals surface area contributed by atoms with Crippen molar-refractivity contribution in [3.63, 3.8) is 0 Å². The van der Waals surface area contributed by atoms with E-state index in [1.54, 1.807) is 0 Å². The highest BCUT2D eigenvalue weighted by molar-refractivity contribution is 5.80. The molecule has 3 aromatic rings. The SMILES string of the molecule is CCCCCCCCCCCCCCCCCCOc1ccc(C[n+]2ccc3ccccc3c2)cc1. The molecule has 0 saturated carbocycles. The lowest BCUT2D eigenvalue weighted by molar-refractivity contribution is -0.687. The van der Waals surface area contributed by atoms with Gasteiger partial charge in [-0.15, -0.1) is 0 Å². The Bertz CT molecular complexity index is 949. The zero-order valence-electron chi connectivity index (χ0n) is 22.9. The van der Waals surface area contributed by atoms with Gasteiger partial charge >= 0.3 is 0 Å². The van der Waals surface area contributed by atoms with Crippen molar-refractivity contribution in [2.24, 2.45) is 0 Å². The average molecular weight is 489 g/mol. The Morgan fingerprint density at radius 2 is 1.08 bits per heavy atom. The molecule has 0 amide bonds. The molecule has 0 N–H and O–H groups in total. The van der Waals surface area contributed by atoms with Gasteiger partial charge in [0.05, 0.1) is 6.61 Å². The molecule has 0 aliphatic heterocycles. The van der Waals surface area contributed by atoms with E-state index in [1.807, 2.05) is 0 Å².